The quantitative estimate of drug-likeness (QED) is 0.129. The first kappa shape index (κ1) is 23.9. The molecule has 1 aromatic rings. The van der Waals surface area contributed by atoms with Gasteiger partial charge in [-0.1, -0.05) is 18.2 Å². The molecule has 0 radical (unpaired) electrons. The summed E-state index contributed by atoms with van der Waals surface area (Å²) in [7, 11) is -3.29. The second kappa shape index (κ2) is 12.3. The van der Waals surface area contributed by atoms with E-state index in [0.29, 0.717) is 5.69 Å². The molecule has 1 aromatic carbocycles. The number of allylic oxidation sites excluding steroid dienone is 1. The molecule has 8 nitrogen and oxygen atoms in total. The summed E-state index contributed by atoms with van der Waals surface area (Å²) < 4.78 is 31.8. The standard InChI is InChI=1S/C19H28NO7P/c1-6-23-18(21)17(19(22)24-7-2)15(5)27-28(25-8-3,26-9-4)20-16-13-11-10-12-14-16/h10-14H,6-9H2,1-5H3. The lowest BCUT2D eigenvalue weighted by Gasteiger charge is -2.24. The van der Waals surface area contributed by atoms with Gasteiger partial charge in [0.15, 0.2) is 5.57 Å². The first-order valence-corrected chi connectivity index (χ1v) is 10.6. The second-order valence-electron chi connectivity index (χ2n) is 5.20. The Morgan fingerprint density at radius 2 is 1.36 bits per heavy atom. The van der Waals surface area contributed by atoms with E-state index in [0.717, 1.165) is 0 Å². The SMILES string of the molecule is CCOC(=O)C(C(=O)OCC)=C(C)OP(=Nc1ccccc1)(OCC)OCC. The number of benzene rings is 1. The summed E-state index contributed by atoms with van der Waals surface area (Å²) in [6.45, 7) is 8.98. The van der Waals surface area contributed by atoms with Gasteiger partial charge in [0.05, 0.1) is 32.1 Å². The fraction of sp³-hybridized carbons (Fsp3) is 0.474. The van der Waals surface area contributed by atoms with Crippen molar-refractivity contribution >= 4 is 25.4 Å². The smallest absolute Gasteiger partial charge is 0.415 e. The average molecular weight is 413 g/mol. The third kappa shape index (κ3) is 7.11. The predicted octanol–water partition coefficient (Wildman–Crippen LogP) is 4.75. The summed E-state index contributed by atoms with van der Waals surface area (Å²) in [5.41, 5.74) is 0.232. The van der Waals surface area contributed by atoms with Crippen LogP contribution in [0.15, 0.2) is 46.4 Å². The van der Waals surface area contributed by atoms with E-state index in [9.17, 15) is 9.59 Å². The Morgan fingerprint density at radius 3 is 1.79 bits per heavy atom. The molecule has 0 fully saturated rings. The van der Waals surface area contributed by atoms with E-state index in [2.05, 4.69) is 4.74 Å². The second-order valence-corrected chi connectivity index (χ2v) is 7.04. The van der Waals surface area contributed by atoms with Crippen molar-refractivity contribution in [3.8, 4) is 0 Å². The number of carbonyl (C=O) groups is 2. The molecule has 0 aliphatic heterocycles. The van der Waals surface area contributed by atoms with Crippen LogP contribution in [0.1, 0.15) is 34.6 Å². The molecule has 0 N–H and O–H groups in total. The summed E-state index contributed by atoms with van der Waals surface area (Å²) in [5.74, 6) is -1.72. The van der Waals surface area contributed by atoms with Crippen molar-refractivity contribution in [2.24, 2.45) is 4.74 Å². The van der Waals surface area contributed by atoms with Crippen molar-refractivity contribution in [3.05, 3.63) is 41.7 Å². The van der Waals surface area contributed by atoms with Gasteiger partial charge in [0.25, 0.3) is 0 Å². The van der Waals surface area contributed by atoms with Crippen molar-refractivity contribution < 1.29 is 32.6 Å². The Labute approximate surface area is 166 Å². The van der Waals surface area contributed by atoms with Crippen LogP contribution in [0.4, 0.5) is 5.69 Å². The molecule has 0 bridgehead atoms. The van der Waals surface area contributed by atoms with Crippen LogP contribution in [0.3, 0.4) is 0 Å². The largest absolute Gasteiger partial charge is 0.462 e. The van der Waals surface area contributed by atoms with E-state index in [-0.39, 0.29) is 37.8 Å². The van der Waals surface area contributed by atoms with Gasteiger partial charge in [-0.2, -0.15) is 4.74 Å². The highest BCUT2D eigenvalue weighted by atomic mass is 31.2. The third-order valence-corrected chi connectivity index (χ3v) is 5.29. The molecule has 0 atom stereocenters. The molecular weight excluding hydrogens is 385 g/mol. The lowest BCUT2D eigenvalue weighted by molar-refractivity contribution is -0.146. The number of nitrogens with zero attached hydrogens (tertiary/aromatic N) is 1. The minimum Gasteiger partial charge on any atom is -0.462 e. The summed E-state index contributed by atoms with van der Waals surface area (Å²) in [4.78, 5) is 24.6. The molecule has 1 rings (SSSR count). The highest BCUT2D eigenvalue weighted by Gasteiger charge is 2.31. The molecule has 0 amide bonds. The molecule has 0 heterocycles. The minimum absolute atomic E-state index is 0.0354. The average Bonchev–Trinajstić information content (AvgIpc) is 2.63. The van der Waals surface area contributed by atoms with Crippen molar-refractivity contribution in [2.45, 2.75) is 34.6 Å². The molecule has 0 saturated heterocycles. The highest BCUT2D eigenvalue weighted by Crippen LogP contribution is 2.57. The number of hydrogen-bond donors (Lipinski definition) is 0. The predicted molar refractivity (Wildman–Crippen MR) is 106 cm³/mol. The number of ether oxygens (including phenoxy) is 2. The molecule has 28 heavy (non-hydrogen) atoms. The van der Waals surface area contributed by atoms with Gasteiger partial charge in [-0.15, -0.1) is 0 Å². The topological polar surface area (TPSA) is 92.7 Å². The van der Waals surface area contributed by atoms with Crippen LogP contribution in [-0.2, 0) is 32.6 Å². The van der Waals surface area contributed by atoms with Crippen molar-refractivity contribution in [1.29, 1.82) is 0 Å². The van der Waals surface area contributed by atoms with Crippen LogP contribution in [0.25, 0.3) is 0 Å². The summed E-state index contributed by atoms with van der Waals surface area (Å²) >= 11 is 0. The summed E-state index contributed by atoms with van der Waals surface area (Å²) in [5, 5.41) is 0. The van der Waals surface area contributed by atoms with Crippen LogP contribution >= 0.6 is 7.74 Å². The summed E-state index contributed by atoms with van der Waals surface area (Å²) in [6.07, 6.45) is 0. The molecule has 0 aliphatic carbocycles. The number of esters is 2. The van der Waals surface area contributed by atoms with Gasteiger partial charge in [0.2, 0.25) is 0 Å². The molecule has 0 saturated carbocycles. The van der Waals surface area contributed by atoms with Crippen LogP contribution in [0.2, 0.25) is 0 Å². The van der Waals surface area contributed by atoms with Gasteiger partial charge in [-0.05, 0) is 46.8 Å². The Hall–Kier alpha value is -2.15. The van der Waals surface area contributed by atoms with Gasteiger partial charge in [0.1, 0.15) is 5.76 Å². The van der Waals surface area contributed by atoms with Gasteiger partial charge in [-0.25, -0.2) is 9.59 Å². The Morgan fingerprint density at radius 1 is 0.857 bits per heavy atom. The van der Waals surface area contributed by atoms with Crippen LogP contribution < -0.4 is 0 Å². The van der Waals surface area contributed by atoms with Crippen molar-refractivity contribution in [2.75, 3.05) is 26.4 Å². The fourth-order valence-corrected chi connectivity index (χ4v) is 3.97. The molecule has 0 unspecified atom stereocenters. The van der Waals surface area contributed by atoms with E-state index in [1.54, 1.807) is 39.8 Å². The minimum atomic E-state index is -3.29. The lowest BCUT2D eigenvalue weighted by Crippen LogP contribution is -2.20. The first-order valence-electron chi connectivity index (χ1n) is 9.14. The van der Waals surface area contributed by atoms with Crippen LogP contribution in [0.5, 0.6) is 0 Å². The van der Waals surface area contributed by atoms with E-state index < -0.39 is 19.7 Å². The van der Waals surface area contributed by atoms with Crippen molar-refractivity contribution in [1.82, 2.24) is 0 Å². The highest BCUT2D eigenvalue weighted by molar-refractivity contribution is 7.51. The third-order valence-electron chi connectivity index (χ3n) is 3.14. The van der Waals surface area contributed by atoms with Gasteiger partial charge in [0, 0.05) is 0 Å². The maximum absolute atomic E-state index is 12.3. The van der Waals surface area contributed by atoms with E-state index in [1.807, 2.05) is 18.2 Å². The number of carbonyl (C=O) groups excluding carboxylic acids is 2. The van der Waals surface area contributed by atoms with E-state index >= 15 is 0 Å². The Balaban J connectivity index is 3.47. The molecule has 9 heteroatoms. The van der Waals surface area contributed by atoms with Crippen LogP contribution in [-0.4, -0.2) is 38.4 Å². The molecule has 0 spiro atoms. The zero-order valence-corrected chi connectivity index (χ0v) is 17.9. The molecule has 156 valence electrons. The normalized spacial score (nSPS) is 10.8. The number of hydrogen-bond acceptors (Lipinski definition) is 8. The fourth-order valence-electron chi connectivity index (χ4n) is 2.13. The Kier molecular flexibility index (Phi) is 10.5. The maximum Gasteiger partial charge on any atom is 0.415 e. The molecular formula is C19H28NO7P. The van der Waals surface area contributed by atoms with Gasteiger partial charge >= 0.3 is 19.7 Å². The Bertz CT molecular complexity index is 701. The maximum atomic E-state index is 12.3. The lowest BCUT2D eigenvalue weighted by atomic mass is 10.2. The monoisotopic (exact) mass is 413 g/mol. The van der Waals surface area contributed by atoms with E-state index in [1.165, 1.54) is 6.92 Å². The van der Waals surface area contributed by atoms with Gasteiger partial charge in [-0.3, -0.25) is 9.05 Å². The summed E-state index contributed by atoms with van der Waals surface area (Å²) in [6, 6.07) is 9.03. The van der Waals surface area contributed by atoms with Gasteiger partial charge < -0.3 is 14.0 Å². The zero-order valence-electron chi connectivity index (χ0n) is 17.0. The first-order chi connectivity index (χ1) is 13.4. The number of rotatable bonds is 11. The molecule has 0 aliphatic rings. The molecule has 0 aromatic heterocycles. The zero-order chi connectivity index (χ0) is 21.0. The van der Waals surface area contributed by atoms with Crippen molar-refractivity contribution in [3.63, 3.8) is 0 Å². The van der Waals surface area contributed by atoms with E-state index in [4.69, 9.17) is 23.0 Å². The van der Waals surface area contributed by atoms with Crippen LogP contribution in [0, 0.1) is 0 Å².